The zero-order chi connectivity index (χ0) is 9.40. The molecule has 0 heterocycles. The van der Waals surface area contributed by atoms with E-state index >= 15 is 0 Å². The standard InChI is InChI=1S/C8H15NO2S/c1-7(6-12-2)5-8(11)9-3-4-10/h6,10H,3-5H2,1-2H3,(H,9,11)/b7-6+. The van der Waals surface area contributed by atoms with Crippen molar-refractivity contribution in [2.45, 2.75) is 13.3 Å². The van der Waals surface area contributed by atoms with Gasteiger partial charge in [0.2, 0.25) is 5.91 Å². The molecule has 3 nitrogen and oxygen atoms in total. The van der Waals surface area contributed by atoms with Crippen LogP contribution in [-0.4, -0.2) is 30.4 Å². The Hall–Kier alpha value is -0.480. The van der Waals surface area contributed by atoms with Crippen LogP contribution in [-0.2, 0) is 4.79 Å². The Morgan fingerprint density at radius 3 is 2.83 bits per heavy atom. The summed E-state index contributed by atoms with van der Waals surface area (Å²) in [6, 6.07) is 0. The van der Waals surface area contributed by atoms with Gasteiger partial charge in [0.05, 0.1) is 6.61 Å². The SMILES string of the molecule is CS/C=C(\C)CC(=O)NCCO. The smallest absolute Gasteiger partial charge is 0.224 e. The number of amides is 1. The van der Waals surface area contributed by atoms with Gasteiger partial charge in [-0.2, -0.15) is 0 Å². The fourth-order valence-corrected chi connectivity index (χ4v) is 1.24. The fourth-order valence-electron chi connectivity index (χ4n) is 0.754. The van der Waals surface area contributed by atoms with Gasteiger partial charge in [0.1, 0.15) is 0 Å². The molecule has 1 amide bonds. The van der Waals surface area contributed by atoms with Crippen molar-refractivity contribution in [2.75, 3.05) is 19.4 Å². The zero-order valence-corrected chi connectivity index (χ0v) is 8.28. The Balaban J connectivity index is 3.61. The summed E-state index contributed by atoms with van der Waals surface area (Å²) < 4.78 is 0. The minimum absolute atomic E-state index is 0.00295. The number of hydrogen-bond acceptors (Lipinski definition) is 3. The quantitative estimate of drug-likeness (QED) is 0.671. The first kappa shape index (κ1) is 11.5. The first-order valence-electron chi connectivity index (χ1n) is 3.76. The summed E-state index contributed by atoms with van der Waals surface area (Å²) in [4.78, 5) is 11.0. The number of rotatable bonds is 5. The van der Waals surface area contributed by atoms with Gasteiger partial charge in [-0.1, -0.05) is 5.57 Å². The van der Waals surface area contributed by atoms with Crippen LogP contribution in [0.1, 0.15) is 13.3 Å². The highest BCUT2D eigenvalue weighted by molar-refractivity contribution is 8.01. The Morgan fingerprint density at radius 2 is 2.33 bits per heavy atom. The Morgan fingerprint density at radius 1 is 1.67 bits per heavy atom. The topological polar surface area (TPSA) is 49.3 Å². The second-order valence-electron chi connectivity index (χ2n) is 2.45. The van der Waals surface area contributed by atoms with Crippen LogP contribution < -0.4 is 5.32 Å². The third kappa shape index (κ3) is 6.24. The third-order valence-corrected chi connectivity index (χ3v) is 1.83. The maximum atomic E-state index is 11.0. The van der Waals surface area contributed by atoms with E-state index in [9.17, 15) is 4.79 Å². The van der Waals surface area contributed by atoms with Crippen molar-refractivity contribution in [2.24, 2.45) is 0 Å². The fraction of sp³-hybridized carbons (Fsp3) is 0.625. The van der Waals surface area contributed by atoms with Crippen LogP contribution in [0.2, 0.25) is 0 Å². The molecule has 0 saturated carbocycles. The molecule has 0 aromatic rings. The van der Waals surface area contributed by atoms with Gasteiger partial charge in [-0.3, -0.25) is 4.79 Å². The minimum Gasteiger partial charge on any atom is -0.395 e. The van der Waals surface area contributed by atoms with E-state index in [1.807, 2.05) is 18.6 Å². The molecule has 0 spiro atoms. The number of carbonyl (C=O) groups is 1. The molecular weight excluding hydrogens is 174 g/mol. The van der Waals surface area contributed by atoms with Gasteiger partial charge in [0.15, 0.2) is 0 Å². The molecule has 0 saturated heterocycles. The molecule has 0 aliphatic carbocycles. The van der Waals surface area contributed by atoms with E-state index in [4.69, 9.17) is 5.11 Å². The third-order valence-electron chi connectivity index (χ3n) is 1.19. The molecule has 0 aromatic heterocycles. The second kappa shape index (κ2) is 7.18. The second-order valence-corrected chi connectivity index (χ2v) is 3.16. The lowest BCUT2D eigenvalue weighted by Crippen LogP contribution is -2.26. The van der Waals surface area contributed by atoms with E-state index in [1.54, 1.807) is 11.8 Å². The molecule has 0 rings (SSSR count). The largest absolute Gasteiger partial charge is 0.395 e. The Bertz CT molecular complexity index is 168. The first-order valence-corrected chi connectivity index (χ1v) is 5.05. The predicted molar refractivity (Wildman–Crippen MR) is 52.0 cm³/mol. The lowest BCUT2D eigenvalue weighted by Gasteiger charge is -2.02. The molecule has 4 heteroatoms. The number of nitrogens with one attached hydrogen (secondary N) is 1. The number of aliphatic hydroxyl groups excluding tert-OH is 1. The summed E-state index contributed by atoms with van der Waals surface area (Å²) in [6.07, 6.45) is 2.37. The van der Waals surface area contributed by atoms with Crippen LogP contribution in [0.3, 0.4) is 0 Å². The molecule has 0 aliphatic rings. The van der Waals surface area contributed by atoms with Gasteiger partial charge in [-0.05, 0) is 18.6 Å². The van der Waals surface area contributed by atoms with Gasteiger partial charge in [-0.25, -0.2) is 0 Å². The van der Waals surface area contributed by atoms with Crippen LogP contribution in [0.25, 0.3) is 0 Å². The van der Waals surface area contributed by atoms with E-state index < -0.39 is 0 Å². The van der Waals surface area contributed by atoms with Crippen LogP contribution in [0, 0.1) is 0 Å². The van der Waals surface area contributed by atoms with Crippen molar-refractivity contribution in [3.05, 3.63) is 11.0 Å². The molecule has 0 aliphatic heterocycles. The highest BCUT2D eigenvalue weighted by Gasteiger charge is 1.99. The van der Waals surface area contributed by atoms with E-state index in [2.05, 4.69) is 5.32 Å². The van der Waals surface area contributed by atoms with Crippen LogP contribution in [0.5, 0.6) is 0 Å². The molecule has 12 heavy (non-hydrogen) atoms. The van der Waals surface area contributed by atoms with Crippen molar-refractivity contribution in [1.82, 2.24) is 5.32 Å². The van der Waals surface area contributed by atoms with E-state index in [-0.39, 0.29) is 12.5 Å². The lowest BCUT2D eigenvalue weighted by atomic mass is 10.2. The number of carbonyl (C=O) groups excluding carboxylic acids is 1. The zero-order valence-electron chi connectivity index (χ0n) is 7.46. The maximum absolute atomic E-state index is 11.0. The molecular formula is C8H15NO2S. The Labute approximate surface area is 77.2 Å². The average Bonchev–Trinajstić information content (AvgIpc) is 2.01. The summed E-state index contributed by atoms with van der Waals surface area (Å²) in [5, 5.41) is 12.9. The first-order chi connectivity index (χ1) is 5.70. The molecule has 70 valence electrons. The van der Waals surface area contributed by atoms with Crippen LogP contribution in [0.15, 0.2) is 11.0 Å². The number of thioether (sulfide) groups is 1. The van der Waals surface area contributed by atoms with Gasteiger partial charge in [0.25, 0.3) is 0 Å². The van der Waals surface area contributed by atoms with Crippen molar-refractivity contribution >= 4 is 17.7 Å². The van der Waals surface area contributed by atoms with Gasteiger partial charge in [0, 0.05) is 13.0 Å². The van der Waals surface area contributed by atoms with Gasteiger partial charge >= 0.3 is 0 Å². The van der Waals surface area contributed by atoms with Crippen molar-refractivity contribution in [1.29, 1.82) is 0 Å². The maximum Gasteiger partial charge on any atom is 0.224 e. The van der Waals surface area contributed by atoms with Crippen LogP contribution in [0.4, 0.5) is 0 Å². The molecule has 0 atom stereocenters. The molecule has 0 radical (unpaired) electrons. The highest BCUT2D eigenvalue weighted by atomic mass is 32.2. The van der Waals surface area contributed by atoms with E-state index in [0.29, 0.717) is 13.0 Å². The predicted octanol–water partition coefficient (Wildman–Crippen LogP) is 0.752. The van der Waals surface area contributed by atoms with Gasteiger partial charge < -0.3 is 10.4 Å². The van der Waals surface area contributed by atoms with Crippen LogP contribution >= 0.6 is 11.8 Å². The molecule has 2 N–H and O–H groups in total. The van der Waals surface area contributed by atoms with E-state index in [1.165, 1.54) is 0 Å². The van der Waals surface area contributed by atoms with Crippen molar-refractivity contribution in [3.8, 4) is 0 Å². The van der Waals surface area contributed by atoms with Crippen molar-refractivity contribution in [3.63, 3.8) is 0 Å². The molecule has 0 unspecified atom stereocenters. The molecule has 0 fully saturated rings. The monoisotopic (exact) mass is 189 g/mol. The summed E-state index contributed by atoms with van der Waals surface area (Å²) >= 11 is 1.58. The lowest BCUT2D eigenvalue weighted by molar-refractivity contribution is -0.120. The van der Waals surface area contributed by atoms with Gasteiger partial charge in [-0.15, -0.1) is 11.8 Å². The Kier molecular flexibility index (Phi) is 6.90. The highest BCUT2D eigenvalue weighted by Crippen LogP contribution is 2.05. The summed E-state index contributed by atoms with van der Waals surface area (Å²) in [5.74, 6) is -0.0353. The number of aliphatic hydroxyl groups is 1. The number of hydrogen-bond donors (Lipinski definition) is 2. The molecule has 0 bridgehead atoms. The normalized spacial score (nSPS) is 11.4. The summed E-state index contributed by atoms with van der Waals surface area (Å²) in [5.41, 5.74) is 1.04. The molecule has 0 aromatic carbocycles. The van der Waals surface area contributed by atoms with E-state index in [0.717, 1.165) is 5.57 Å². The summed E-state index contributed by atoms with van der Waals surface area (Å²) in [7, 11) is 0. The average molecular weight is 189 g/mol. The minimum atomic E-state index is -0.0353. The summed E-state index contributed by atoms with van der Waals surface area (Å²) in [6.45, 7) is 2.25. The van der Waals surface area contributed by atoms with Crippen molar-refractivity contribution < 1.29 is 9.90 Å².